The molecule has 0 spiro atoms. The van der Waals surface area contributed by atoms with Gasteiger partial charge in [-0.25, -0.2) is 13.4 Å². The lowest BCUT2D eigenvalue weighted by molar-refractivity contribution is 0.102. The third kappa shape index (κ3) is 3.79. The highest BCUT2D eigenvalue weighted by Crippen LogP contribution is 2.32. The number of nitrogens with one attached hydrogen (secondary N) is 1. The van der Waals surface area contributed by atoms with Gasteiger partial charge in [0.2, 0.25) is 10.0 Å². The minimum Gasteiger partial charge on any atom is -0.321 e. The minimum absolute atomic E-state index is 0.137. The zero-order valence-electron chi connectivity index (χ0n) is 14.0. The van der Waals surface area contributed by atoms with Crippen molar-refractivity contribution in [2.24, 2.45) is 0 Å². The molecular formula is C17H20N4O3S. The van der Waals surface area contributed by atoms with Gasteiger partial charge in [0.15, 0.2) is 0 Å². The lowest BCUT2D eigenvalue weighted by Gasteiger charge is -2.30. The van der Waals surface area contributed by atoms with E-state index >= 15 is 0 Å². The highest BCUT2D eigenvalue weighted by Gasteiger charge is 2.26. The highest BCUT2D eigenvalue weighted by atomic mass is 32.2. The molecular weight excluding hydrogens is 340 g/mol. The first-order valence-electron chi connectivity index (χ1n) is 8.22. The van der Waals surface area contributed by atoms with E-state index in [1.54, 1.807) is 12.1 Å². The van der Waals surface area contributed by atoms with Crippen molar-refractivity contribution in [3.8, 4) is 0 Å². The Morgan fingerprint density at radius 1 is 1.32 bits per heavy atom. The number of carbonyl (C=O) groups excluding carboxylic acids is 1. The summed E-state index contributed by atoms with van der Waals surface area (Å²) in [4.78, 5) is 20.0. The van der Waals surface area contributed by atoms with Gasteiger partial charge >= 0.3 is 0 Å². The Morgan fingerprint density at radius 3 is 2.88 bits per heavy atom. The molecule has 1 aliphatic heterocycles. The number of nitrogens with zero attached hydrogens (tertiary/aromatic N) is 3. The van der Waals surface area contributed by atoms with Gasteiger partial charge in [0.1, 0.15) is 5.69 Å². The largest absolute Gasteiger partial charge is 0.321 e. The van der Waals surface area contributed by atoms with Gasteiger partial charge in [-0.1, -0.05) is 6.92 Å². The predicted molar refractivity (Wildman–Crippen MR) is 96.2 cm³/mol. The molecule has 0 aliphatic carbocycles. The van der Waals surface area contributed by atoms with Crippen molar-refractivity contribution in [1.82, 2.24) is 9.97 Å². The molecule has 0 radical (unpaired) electrons. The first-order chi connectivity index (χ1) is 12.0. The van der Waals surface area contributed by atoms with E-state index in [0.717, 1.165) is 18.4 Å². The Labute approximate surface area is 147 Å². The number of amides is 1. The number of rotatable bonds is 5. The SMILES string of the molecule is CCCS(=O)(=O)N1CCCc2cc(NC(=O)c3cnccn3)ccc21. The predicted octanol–water partition coefficient (Wildman–Crippen LogP) is 2.22. The third-order valence-electron chi connectivity index (χ3n) is 4.01. The summed E-state index contributed by atoms with van der Waals surface area (Å²) in [5, 5.41) is 2.78. The molecule has 25 heavy (non-hydrogen) atoms. The van der Waals surface area contributed by atoms with Gasteiger partial charge < -0.3 is 5.32 Å². The number of hydrogen-bond donors (Lipinski definition) is 1. The van der Waals surface area contributed by atoms with Gasteiger partial charge in [-0.3, -0.25) is 14.1 Å². The van der Waals surface area contributed by atoms with Crippen LogP contribution in [-0.2, 0) is 16.4 Å². The van der Waals surface area contributed by atoms with E-state index in [-0.39, 0.29) is 17.4 Å². The molecule has 1 N–H and O–H groups in total. The van der Waals surface area contributed by atoms with Gasteiger partial charge in [-0.2, -0.15) is 0 Å². The van der Waals surface area contributed by atoms with Crippen LogP contribution in [0.3, 0.4) is 0 Å². The summed E-state index contributed by atoms with van der Waals surface area (Å²) < 4.78 is 26.4. The van der Waals surface area contributed by atoms with Crippen LogP contribution in [0, 0.1) is 0 Å². The van der Waals surface area contributed by atoms with E-state index in [0.29, 0.717) is 24.3 Å². The molecule has 1 aromatic carbocycles. The Balaban J connectivity index is 1.84. The molecule has 1 aromatic heterocycles. The summed E-state index contributed by atoms with van der Waals surface area (Å²) in [5.74, 6) is -0.211. The number of benzene rings is 1. The molecule has 132 valence electrons. The number of aromatic nitrogens is 2. The molecule has 0 saturated carbocycles. The minimum atomic E-state index is -3.30. The van der Waals surface area contributed by atoms with E-state index in [1.807, 2.05) is 13.0 Å². The number of carbonyl (C=O) groups is 1. The van der Waals surface area contributed by atoms with Crippen LogP contribution in [0.1, 0.15) is 35.8 Å². The topological polar surface area (TPSA) is 92.3 Å². The fourth-order valence-corrected chi connectivity index (χ4v) is 4.53. The van der Waals surface area contributed by atoms with E-state index < -0.39 is 10.0 Å². The molecule has 8 heteroatoms. The van der Waals surface area contributed by atoms with Crippen LogP contribution >= 0.6 is 0 Å². The molecule has 0 unspecified atom stereocenters. The second kappa shape index (κ2) is 7.18. The number of sulfonamides is 1. The molecule has 2 heterocycles. The maximum Gasteiger partial charge on any atom is 0.275 e. The van der Waals surface area contributed by atoms with Crippen LogP contribution in [-0.4, -0.2) is 36.6 Å². The summed E-state index contributed by atoms with van der Waals surface area (Å²) >= 11 is 0. The zero-order valence-corrected chi connectivity index (χ0v) is 14.8. The zero-order chi connectivity index (χ0) is 17.9. The molecule has 3 rings (SSSR count). The summed E-state index contributed by atoms with van der Waals surface area (Å²) in [7, 11) is -3.30. The molecule has 7 nitrogen and oxygen atoms in total. The number of anilines is 2. The van der Waals surface area contributed by atoms with E-state index in [9.17, 15) is 13.2 Å². The van der Waals surface area contributed by atoms with Crippen LogP contribution in [0.4, 0.5) is 11.4 Å². The van der Waals surface area contributed by atoms with Crippen molar-refractivity contribution in [3.63, 3.8) is 0 Å². The molecule has 0 saturated heterocycles. The van der Waals surface area contributed by atoms with Crippen LogP contribution in [0.2, 0.25) is 0 Å². The molecule has 0 atom stereocenters. The van der Waals surface area contributed by atoms with Crippen LogP contribution in [0.15, 0.2) is 36.8 Å². The number of hydrogen-bond acceptors (Lipinski definition) is 5. The fourth-order valence-electron chi connectivity index (χ4n) is 2.91. The quantitative estimate of drug-likeness (QED) is 0.883. The standard InChI is InChI=1S/C17H20N4O3S/c1-2-10-25(23,24)21-9-3-4-13-11-14(5-6-16(13)21)20-17(22)15-12-18-7-8-19-15/h5-8,11-12H,2-4,9-10H2,1H3,(H,20,22). The van der Waals surface area contributed by atoms with Gasteiger partial charge in [0.05, 0.1) is 17.6 Å². The average molecular weight is 360 g/mol. The summed E-state index contributed by atoms with van der Waals surface area (Å²) in [6.07, 6.45) is 6.48. The van der Waals surface area contributed by atoms with Crippen molar-refractivity contribution in [2.45, 2.75) is 26.2 Å². The lowest BCUT2D eigenvalue weighted by atomic mass is 10.0. The van der Waals surface area contributed by atoms with Crippen molar-refractivity contribution < 1.29 is 13.2 Å². The second-order valence-electron chi connectivity index (χ2n) is 5.88. The highest BCUT2D eigenvalue weighted by molar-refractivity contribution is 7.92. The normalized spacial score (nSPS) is 14.0. The summed E-state index contributed by atoms with van der Waals surface area (Å²) in [6, 6.07) is 5.30. The summed E-state index contributed by atoms with van der Waals surface area (Å²) in [6.45, 7) is 2.36. The van der Waals surface area contributed by atoms with Gasteiger partial charge in [0.25, 0.3) is 5.91 Å². The molecule has 2 aromatic rings. The van der Waals surface area contributed by atoms with E-state index in [2.05, 4.69) is 15.3 Å². The van der Waals surface area contributed by atoms with Crippen molar-refractivity contribution in [3.05, 3.63) is 48.0 Å². The van der Waals surface area contributed by atoms with Crippen molar-refractivity contribution >= 4 is 27.3 Å². The first-order valence-corrected chi connectivity index (χ1v) is 9.83. The number of fused-ring (bicyclic) bond motifs is 1. The van der Waals surface area contributed by atoms with Crippen molar-refractivity contribution in [1.29, 1.82) is 0 Å². The van der Waals surface area contributed by atoms with Gasteiger partial charge in [-0.05, 0) is 43.0 Å². The maximum absolute atomic E-state index is 12.4. The van der Waals surface area contributed by atoms with Crippen molar-refractivity contribution in [2.75, 3.05) is 21.9 Å². The van der Waals surface area contributed by atoms with Crippen LogP contribution in [0.5, 0.6) is 0 Å². The molecule has 0 fully saturated rings. The third-order valence-corrected chi connectivity index (χ3v) is 5.98. The van der Waals surface area contributed by atoms with Crippen LogP contribution in [0.25, 0.3) is 0 Å². The summed E-state index contributed by atoms with van der Waals surface area (Å²) in [5.41, 5.74) is 2.47. The average Bonchev–Trinajstić information content (AvgIpc) is 2.61. The molecule has 1 amide bonds. The van der Waals surface area contributed by atoms with Gasteiger partial charge in [-0.15, -0.1) is 0 Å². The Morgan fingerprint density at radius 2 is 2.16 bits per heavy atom. The molecule has 1 aliphatic rings. The fraction of sp³-hybridized carbons (Fsp3) is 0.353. The van der Waals surface area contributed by atoms with E-state index in [1.165, 1.54) is 22.9 Å². The van der Waals surface area contributed by atoms with Crippen LogP contribution < -0.4 is 9.62 Å². The van der Waals surface area contributed by atoms with Gasteiger partial charge in [0, 0.05) is 24.6 Å². The Hall–Kier alpha value is -2.48. The second-order valence-corrected chi connectivity index (χ2v) is 7.89. The Kier molecular flexibility index (Phi) is 4.98. The number of aryl methyl sites for hydroxylation is 1. The monoisotopic (exact) mass is 360 g/mol. The molecule has 0 bridgehead atoms. The van der Waals surface area contributed by atoms with E-state index in [4.69, 9.17) is 0 Å². The smallest absolute Gasteiger partial charge is 0.275 e. The lowest BCUT2D eigenvalue weighted by Crippen LogP contribution is -2.37. The maximum atomic E-state index is 12.4. The Bertz CT molecular complexity index is 869. The first kappa shape index (κ1) is 17.3.